The third-order valence-corrected chi connectivity index (χ3v) is 5.14. The van der Waals surface area contributed by atoms with Gasteiger partial charge < -0.3 is 10.2 Å². The van der Waals surface area contributed by atoms with Gasteiger partial charge in [-0.15, -0.1) is 0 Å². The number of benzene rings is 2. The molecule has 3 nitrogen and oxygen atoms in total. The van der Waals surface area contributed by atoms with Gasteiger partial charge in [0, 0.05) is 18.8 Å². The number of hydrogen-bond acceptors (Lipinski definition) is 2. The zero-order valence-electron chi connectivity index (χ0n) is 15.2. The molecule has 1 atom stereocenters. The molecule has 1 amide bonds. The van der Waals surface area contributed by atoms with Crippen LogP contribution in [-0.4, -0.2) is 19.0 Å². The maximum atomic E-state index is 13.2. The summed E-state index contributed by atoms with van der Waals surface area (Å²) in [5.41, 5.74) is 3.29. The number of amides is 1. The number of rotatable bonds is 5. The SMILES string of the molecule is Cc1ccc([C@H](C(=O)NC2CCCCC2)N(C)c2ccccc2)cc1. The van der Waals surface area contributed by atoms with Gasteiger partial charge in [-0.1, -0.05) is 67.3 Å². The van der Waals surface area contributed by atoms with Crippen molar-refractivity contribution in [2.24, 2.45) is 0 Å². The maximum absolute atomic E-state index is 13.2. The lowest BCUT2D eigenvalue weighted by Gasteiger charge is -2.32. The predicted molar refractivity (Wildman–Crippen MR) is 104 cm³/mol. The third kappa shape index (κ3) is 4.41. The van der Waals surface area contributed by atoms with Crippen molar-refractivity contribution in [2.75, 3.05) is 11.9 Å². The van der Waals surface area contributed by atoms with Crippen molar-refractivity contribution in [3.05, 3.63) is 65.7 Å². The Kier molecular flexibility index (Phi) is 5.75. The van der Waals surface area contributed by atoms with Gasteiger partial charge >= 0.3 is 0 Å². The number of anilines is 1. The number of hydrogen-bond donors (Lipinski definition) is 1. The van der Waals surface area contributed by atoms with E-state index in [-0.39, 0.29) is 11.9 Å². The van der Waals surface area contributed by atoms with Gasteiger partial charge in [0.1, 0.15) is 6.04 Å². The van der Waals surface area contributed by atoms with Crippen molar-refractivity contribution in [1.29, 1.82) is 0 Å². The predicted octanol–water partition coefficient (Wildman–Crippen LogP) is 4.62. The van der Waals surface area contributed by atoms with Crippen LogP contribution >= 0.6 is 0 Å². The lowest BCUT2D eigenvalue weighted by molar-refractivity contribution is -0.123. The Morgan fingerprint density at radius 1 is 1.00 bits per heavy atom. The molecule has 1 saturated carbocycles. The second-order valence-electron chi connectivity index (χ2n) is 7.10. The van der Waals surface area contributed by atoms with Gasteiger partial charge in [-0.05, 0) is 37.5 Å². The van der Waals surface area contributed by atoms with Crippen molar-refractivity contribution >= 4 is 11.6 Å². The normalized spacial score (nSPS) is 16.2. The first-order valence-electron chi connectivity index (χ1n) is 9.30. The topological polar surface area (TPSA) is 32.3 Å². The van der Waals surface area contributed by atoms with E-state index in [0.717, 1.165) is 24.1 Å². The second-order valence-corrected chi connectivity index (χ2v) is 7.10. The zero-order valence-corrected chi connectivity index (χ0v) is 15.2. The lowest BCUT2D eigenvalue weighted by Crippen LogP contribution is -2.44. The number of para-hydroxylation sites is 1. The molecule has 0 aliphatic heterocycles. The molecule has 0 unspecified atom stereocenters. The molecular formula is C22H28N2O. The Hall–Kier alpha value is -2.29. The summed E-state index contributed by atoms with van der Waals surface area (Å²) in [4.78, 5) is 15.2. The van der Waals surface area contributed by atoms with Gasteiger partial charge in [-0.3, -0.25) is 4.79 Å². The number of carbonyl (C=O) groups excluding carboxylic acids is 1. The van der Waals surface area contributed by atoms with Gasteiger partial charge in [0.15, 0.2) is 0 Å². The van der Waals surface area contributed by atoms with E-state index < -0.39 is 0 Å². The highest BCUT2D eigenvalue weighted by molar-refractivity contribution is 5.86. The quantitative estimate of drug-likeness (QED) is 0.864. The molecule has 3 rings (SSSR count). The van der Waals surface area contributed by atoms with E-state index in [9.17, 15) is 4.79 Å². The fraction of sp³-hybridized carbons (Fsp3) is 0.409. The smallest absolute Gasteiger partial charge is 0.247 e. The van der Waals surface area contributed by atoms with E-state index in [1.807, 2.05) is 25.2 Å². The summed E-state index contributed by atoms with van der Waals surface area (Å²) in [6.07, 6.45) is 5.92. The molecule has 132 valence electrons. The molecule has 2 aromatic carbocycles. The van der Waals surface area contributed by atoms with E-state index in [2.05, 4.69) is 53.5 Å². The summed E-state index contributed by atoms with van der Waals surface area (Å²) >= 11 is 0. The van der Waals surface area contributed by atoms with Crippen LogP contribution in [0.2, 0.25) is 0 Å². The standard InChI is InChI=1S/C22H28N2O/c1-17-13-15-18(16-14-17)21(24(2)20-11-7-4-8-12-20)22(25)23-19-9-5-3-6-10-19/h4,7-8,11-16,19,21H,3,5-6,9-10H2,1-2H3,(H,23,25)/t21-/m1/s1. The number of nitrogens with one attached hydrogen (secondary N) is 1. The fourth-order valence-electron chi connectivity index (χ4n) is 3.64. The van der Waals surface area contributed by atoms with Crippen molar-refractivity contribution in [3.8, 4) is 0 Å². The Morgan fingerprint density at radius 3 is 2.28 bits per heavy atom. The minimum atomic E-state index is -0.315. The minimum Gasteiger partial charge on any atom is -0.359 e. The number of aryl methyl sites for hydroxylation is 1. The number of nitrogens with zero attached hydrogens (tertiary/aromatic N) is 1. The van der Waals surface area contributed by atoms with Crippen LogP contribution in [0.4, 0.5) is 5.69 Å². The Balaban J connectivity index is 1.85. The van der Waals surface area contributed by atoms with Gasteiger partial charge in [0.2, 0.25) is 5.91 Å². The summed E-state index contributed by atoms with van der Waals surface area (Å²) in [5.74, 6) is 0.0992. The molecule has 0 saturated heterocycles. The van der Waals surface area contributed by atoms with E-state index in [0.29, 0.717) is 6.04 Å². The summed E-state index contributed by atoms with van der Waals surface area (Å²) in [5, 5.41) is 3.30. The molecule has 1 aliphatic carbocycles. The Morgan fingerprint density at radius 2 is 1.64 bits per heavy atom. The monoisotopic (exact) mass is 336 g/mol. The molecule has 25 heavy (non-hydrogen) atoms. The van der Waals surface area contributed by atoms with Crippen LogP contribution in [0.3, 0.4) is 0 Å². The first-order chi connectivity index (χ1) is 12.1. The molecule has 1 fully saturated rings. The highest BCUT2D eigenvalue weighted by Crippen LogP contribution is 2.27. The average molecular weight is 336 g/mol. The lowest BCUT2D eigenvalue weighted by atomic mass is 9.94. The van der Waals surface area contributed by atoms with Crippen molar-refractivity contribution < 1.29 is 4.79 Å². The van der Waals surface area contributed by atoms with Gasteiger partial charge in [-0.2, -0.15) is 0 Å². The molecule has 3 heteroatoms. The highest BCUT2D eigenvalue weighted by Gasteiger charge is 2.27. The van der Waals surface area contributed by atoms with Crippen LogP contribution in [0, 0.1) is 6.92 Å². The number of likely N-dealkylation sites (N-methyl/N-ethyl adjacent to an activating group) is 1. The maximum Gasteiger partial charge on any atom is 0.247 e. The van der Waals surface area contributed by atoms with Gasteiger partial charge in [0.25, 0.3) is 0 Å². The van der Waals surface area contributed by atoms with Crippen LogP contribution in [0.1, 0.15) is 49.3 Å². The Bertz CT molecular complexity index is 675. The molecule has 0 heterocycles. The van der Waals surface area contributed by atoms with Crippen LogP contribution in [0.5, 0.6) is 0 Å². The molecule has 1 aliphatic rings. The summed E-state index contributed by atoms with van der Waals surface area (Å²) in [6.45, 7) is 2.07. The van der Waals surface area contributed by atoms with Gasteiger partial charge in [-0.25, -0.2) is 0 Å². The summed E-state index contributed by atoms with van der Waals surface area (Å²) < 4.78 is 0. The van der Waals surface area contributed by atoms with E-state index in [4.69, 9.17) is 0 Å². The largest absolute Gasteiger partial charge is 0.359 e. The molecule has 0 aromatic heterocycles. The molecule has 0 spiro atoms. The molecule has 2 aromatic rings. The van der Waals surface area contributed by atoms with Crippen molar-refractivity contribution in [2.45, 2.75) is 51.1 Å². The second kappa shape index (κ2) is 8.19. The molecular weight excluding hydrogens is 308 g/mol. The van der Waals surface area contributed by atoms with Crippen LogP contribution in [-0.2, 0) is 4.79 Å². The fourth-order valence-corrected chi connectivity index (χ4v) is 3.64. The van der Waals surface area contributed by atoms with Gasteiger partial charge in [0.05, 0.1) is 0 Å². The first kappa shape index (κ1) is 17.5. The Labute approximate surface area is 151 Å². The van der Waals surface area contributed by atoms with Crippen LogP contribution < -0.4 is 10.2 Å². The van der Waals surface area contributed by atoms with Crippen LogP contribution in [0.15, 0.2) is 54.6 Å². The molecule has 1 N–H and O–H groups in total. The van der Waals surface area contributed by atoms with Crippen molar-refractivity contribution in [1.82, 2.24) is 5.32 Å². The minimum absolute atomic E-state index is 0.0992. The molecule has 0 radical (unpaired) electrons. The van der Waals surface area contributed by atoms with E-state index >= 15 is 0 Å². The zero-order chi connectivity index (χ0) is 17.6. The van der Waals surface area contributed by atoms with Crippen LogP contribution in [0.25, 0.3) is 0 Å². The summed E-state index contributed by atoms with van der Waals surface area (Å²) in [7, 11) is 2.00. The van der Waals surface area contributed by atoms with E-state index in [1.54, 1.807) is 0 Å². The summed E-state index contributed by atoms with van der Waals surface area (Å²) in [6, 6.07) is 18.4. The van der Waals surface area contributed by atoms with Crippen molar-refractivity contribution in [3.63, 3.8) is 0 Å². The molecule has 0 bridgehead atoms. The average Bonchev–Trinajstić information content (AvgIpc) is 2.65. The first-order valence-corrected chi connectivity index (χ1v) is 9.30. The number of carbonyl (C=O) groups is 1. The highest BCUT2D eigenvalue weighted by atomic mass is 16.2. The third-order valence-electron chi connectivity index (χ3n) is 5.14. The van der Waals surface area contributed by atoms with E-state index in [1.165, 1.54) is 24.8 Å².